The summed E-state index contributed by atoms with van der Waals surface area (Å²) < 4.78 is 25.9. The van der Waals surface area contributed by atoms with Crippen molar-refractivity contribution < 1.29 is 27.6 Å². The number of nitrogens with zero attached hydrogens (tertiary/aromatic N) is 1. The molecule has 0 aromatic heterocycles. The molecule has 210 valence electrons. The average Bonchev–Trinajstić information content (AvgIpc) is 2.66. The van der Waals surface area contributed by atoms with Crippen molar-refractivity contribution >= 4 is 30.9 Å². The largest absolute Gasteiger partial charge is 0.414 e. The third-order valence-electron chi connectivity index (χ3n) is 6.68. The van der Waals surface area contributed by atoms with Gasteiger partial charge in [-0.2, -0.15) is 0 Å². The molecule has 0 fully saturated rings. The molecule has 0 spiro atoms. The number of hydroxylamine groups is 2. The standard InChI is InChI=1S/C25H57NO6Si3/c1-19(23(32-34(12,13)14)20(2)24(27)26(6)29-8)22(31-33(9,10)11)17-21(18-28-7)30-35(15,16)25(3,4)5/h19-23H,17-18H2,1-16H3/t19-,20+,21+,22+,23-/m0/s1. The summed E-state index contributed by atoms with van der Waals surface area (Å²) in [7, 11) is -1.02. The Kier molecular flexibility index (Phi) is 13.6. The molecule has 1 amide bonds. The number of rotatable bonds is 15. The summed E-state index contributed by atoms with van der Waals surface area (Å²) in [6.07, 6.45) is 0.170. The Balaban J connectivity index is 6.25. The molecule has 10 heteroatoms. The van der Waals surface area contributed by atoms with Gasteiger partial charge in [0.05, 0.1) is 37.9 Å². The Bertz CT molecular complexity index is 643. The van der Waals surface area contributed by atoms with Gasteiger partial charge < -0.3 is 18.0 Å². The molecule has 0 heterocycles. The molecule has 0 N–H and O–H groups in total. The summed E-state index contributed by atoms with van der Waals surface area (Å²) in [6.45, 7) is 29.0. The van der Waals surface area contributed by atoms with Crippen molar-refractivity contribution in [1.29, 1.82) is 0 Å². The summed E-state index contributed by atoms with van der Waals surface area (Å²) >= 11 is 0. The fourth-order valence-corrected chi connectivity index (χ4v) is 7.62. The number of hydrogen-bond acceptors (Lipinski definition) is 6. The number of carbonyl (C=O) groups excluding carboxylic acids is 1. The summed E-state index contributed by atoms with van der Waals surface area (Å²) in [5.74, 6) is -0.503. The molecule has 0 rings (SSSR count). The fourth-order valence-electron chi connectivity index (χ4n) is 3.81. The first-order chi connectivity index (χ1) is 15.6. The van der Waals surface area contributed by atoms with Crippen molar-refractivity contribution in [2.45, 2.75) is 117 Å². The molecular weight excluding hydrogens is 495 g/mol. The number of ether oxygens (including phenoxy) is 1. The van der Waals surface area contributed by atoms with Crippen LogP contribution in [0.5, 0.6) is 0 Å². The van der Waals surface area contributed by atoms with E-state index in [2.05, 4.69) is 80.1 Å². The van der Waals surface area contributed by atoms with Gasteiger partial charge in [-0.05, 0) is 63.8 Å². The second kappa shape index (κ2) is 13.6. The second-order valence-electron chi connectivity index (χ2n) is 13.3. The van der Waals surface area contributed by atoms with E-state index in [1.807, 2.05) is 6.92 Å². The minimum Gasteiger partial charge on any atom is -0.414 e. The molecule has 0 aliphatic carbocycles. The van der Waals surface area contributed by atoms with E-state index in [-0.39, 0.29) is 41.1 Å². The Hall–Kier alpha value is -0.0794. The molecule has 0 aliphatic rings. The van der Waals surface area contributed by atoms with E-state index < -0.39 is 25.0 Å². The van der Waals surface area contributed by atoms with Crippen LogP contribution in [0.15, 0.2) is 0 Å². The highest BCUT2D eigenvalue weighted by Crippen LogP contribution is 2.38. The molecule has 0 aliphatic heterocycles. The van der Waals surface area contributed by atoms with Gasteiger partial charge >= 0.3 is 0 Å². The van der Waals surface area contributed by atoms with Crippen LogP contribution < -0.4 is 0 Å². The smallest absolute Gasteiger partial charge is 0.251 e. The molecule has 0 aromatic rings. The quantitative estimate of drug-likeness (QED) is 0.180. The normalized spacial score (nSPS) is 18.1. The van der Waals surface area contributed by atoms with E-state index in [0.717, 1.165) is 0 Å². The minimum atomic E-state index is -2.02. The zero-order valence-electron chi connectivity index (χ0n) is 25.7. The molecule has 0 saturated carbocycles. The highest BCUT2D eigenvalue weighted by Gasteiger charge is 2.43. The molecule has 35 heavy (non-hydrogen) atoms. The maximum Gasteiger partial charge on any atom is 0.251 e. The molecule has 0 saturated heterocycles. The van der Waals surface area contributed by atoms with Crippen LogP contribution in [0.1, 0.15) is 41.0 Å². The van der Waals surface area contributed by atoms with Gasteiger partial charge in [0.2, 0.25) is 0 Å². The van der Waals surface area contributed by atoms with Crippen LogP contribution in [0.4, 0.5) is 0 Å². The average molecular weight is 552 g/mol. The van der Waals surface area contributed by atoms with Crippen molar-refractivity contribution in [3.8, 4) is 0 Å². The van der Waals surface area contributed by atoms with Crippen LogP contribution in [-0.2, 0) is 27.6 Å². The number of amides is 1. The predicted octanol–water partition coefficient (Wildman–Crippen LogP) is 6.15. The van der Waals surface area contributed by atoms with E-state index in [1.54, 1.807) is 14.2 Å². The lowest BCUT2D eigenvalue weighted by atomic mass is 9.86. The lowest BCUT2D eigenvalue weighted by Crippen LogP contribution is -2.51. The van der Waals surface area contributed by atoms with Gasteiger partial charge in [-0.15, -0.1) is 0 Å². The topological polar surface area (TPSA) is 66.5 Å². The Morgan fingerprint density at radius 1 is 0.857 bits per heavy atom. The number of methoxy groups -OCH3 is 1. The molecule has 7 nitrogen and oxygen atoms in total. The van der Waals surface area contributed by atoms with Crippen LogP contribution in [0.25, 0.3) is 0 Å². The molecular formula is C25H57NO6Si3. The van der Waals surface area contributed by atoms with E-state index in [1.165, 1.54) is 12.2 Å². The van der Waals surface area contributed by atoms with Crippen molar-refractivity contribution in [2.75, 3.05) is 27.9 Å². The summed E-state index contributed by atoms with van der Waals surface area (Å²) in [4.78, 5) is 18.3. The lowest BCUT2D eigenvalue weighted by Gasteiger charge is -2.43. The SMILES string of the molecule is COC[C@@H](C[C@@H](O[Si](C)(C)C)[C@H](C)[C@H](O[Si](C)(C)C)[C@@H](C)C(=O)N(C)OC)O[Si](C)(C)C(C)(C)C. The van der Waals surface area contributed by atoms with Crippen LogP contribution in [-0.4, -0.2) is 82.1 Å². The van der Waals surface area contributed by atoms with Gasteiger partial charge in [0.15, 0.2) is 25.0 Å². The van der Waals surface area contributed by atoms with Crippen molar-refractivity contribution in [3.63, 3.8) is 0 Å². The summed E-state index contributed by atoms with van der Waals surface area (Å²) in [6, 6.07) is 0. The predicted molar refractivity (Wildman–Crippen MR) is 153 cm³/mol. The maximum absolute atomic E-state index is 13.1. The Morgan fingerprint density at radius 3 is 1.71 bits per heavy atom. The Labute approximate surface area is 219 Å². The van der Waals surface area contributed by atoms with Gasteiger partial charge in [-0.1, -0.05) is 34.6 Å². The molecule has 0 radical (unpaired) electrons. The second-order valence-corrected chi connectivity index (χ2v) is 27.0. The highest BCUT2D eigenvalue weighted by molar-refractivity contribution is 6.74. The van der Waals surface area contributed by atoms with Gasteiger partial charge in [0, 0.05) is 20.1 Å². The van der Waals surface area contributed by atoms with Crippen molar-refractivity contribution in [3.05, 3.63) is 0 Å². The monoisotopic (exact) mass is 551 g/mol. The van der Waals surface area contributed by atoms with E-state index >= 15 is 0 Å². The highest BCUT2D eigenvalue weighted by atomic mass is 28.4. The zero-order valence-corrected chi connectivity index (χ0v) is 28.7. The lowest BCUT2D eigenvalue weighted by molar-refractivity contribution is -0.177. The van der Waals surface area contributed by atoms with Crippen molar-refractivity contribution in [2.24, 2.45) is 11.8 Å². The first-order valence-electron chi connectivity index (χ1n) is 12.9. The summed E-state index contributed by atoms with van der Waals surface area (Å²) in [5, 5.41) is 1.38. The number of hydrogen-bond donors (Lipinski definition) is 0. The van der Waals surface area contributed by atoms with Crippen molar-refractivity contribution in [1.82, 2.24) is 5.06 Å². The Morgan fingerprint density at radius 2 is 1.34 bits per heavy atom. The number of carbonyl (C=O) groups is 1. The minimum absolute atomic E-state index is 0.0278. The van der Waals surface area contributed by atoms with Crippen LogP contribution in [0, 0.1) is 11.8 Å². The molecule has 0 bridgehead atoms. The molecule has 0 unspecified atom stereocenters. The van der Waals surface area contributed by atoms with Gasteiger partial charge in [-0.25, -0.2) is 5.06 Å². The first kappa shape index (κ1) is 34.9. The molecule has 0 aromatic carbocycles. The van der Waals surface area contributed by atoms with Crippen LogP contribution in [0.2, 0.25) is 57.4 Å². The van der Waals surface area contributed by atoms with Gasteiger partial charge in [-0.3, -0.25) is 9.63 Å². The van der Waals surface area contributed by atoms with Gasteiger partial charge in [0.1, 0.15) is 0 Å². The third kappa shape index (κ3) is 12.3. The fraction of sp³-hybridized carbons (Fsp3) is 0.960. The van der Waals surface area contributed by atoms with E-state index in [0.29, 0.717) is 13.0 Å². The van der Waals surface area contributed by atoms with E-state index in [9.17, 15) is 4.79 Å². The van der Waals surface area contributed by atoms with E-state index in [4.69, 9.17) is 22.9 Å². The van der Waals surface area contributed by atoms with Crippen LogP contribution in [0.3, 0.4) is 0 Å². The van der Waals surface area contributed by atoms with Crippen LogP contribution >= 0.6 is 0 Å². The van der Waals surface area contributed by atoms with Gasteiger partial charge in [0.25, 0.3) is 5.91 Å². The molecule has 5 atom stereocenters. The summed E-state index contributed by atoms with van der Waals surface area (Å²) in [5.41, 5.74) is 0. The maximum atomic E-state index is 13.1. The third-order valence-corrected chi connectivity index (χ3v) is 13.2. The zero-order chi connectivity index (χ0) is 28.0. The first-order valence-corrected chi connectivity index (χ1v) is 22.6.